The number of hydrogen-bond acceptors (Lipinski definition) is 5. The van der Waals surface area contributed by atoms with E-state index in [2.05, 4.69) is 108 Å². The Hall–Kier alpha value is -4.49. The summed E-state index contributed by atoms with van der Waals surface area (Å²) in [5.41, 5.74) is 15.2. The largest absolute Gasteiger partial charge is 0.382 e. The minimum Gasteiger partial charge on any atom is -0.382 e. The normalized spacial score (nSPS) is 11.7. The first-order valence-corrected chi connectivity index (χ1v) is 14.0. The Labute approximate surface area is 234 Å². The summed E-state index contributed by atoms with van der Waals surface area (Å²) in [7, 11) is 0. The van der Waals surface area contributed by atoms with Crippen molar-refractivity contribution in [3.8, 4) is 11.3 Å². The van der Waals surface area contributed by atoms with Crippen LogP contribution in [0.2, 0.25) is 0 Å². The van der Waals surface area contributed by atoms with Gasteiger partial charge in [-0.25, -0.2) is 9.50 Å². The zero-order chi connectivity index (χ0) is 27.5. The third-order valence-electron chi connectivity index (χ3n) is 7.48. The number of anilines is 1. The number of rotatable bonds is 10. The van der Waals surface area contributed by atoms with Crippen LogP contribution in [0.4, 0.5) is 5.82 Å². The maximum absolute atomic E-state index is 6.42. The van der Waals surface area contributed by atoms with Gasteiger partial charge in [0.05, 0.1) is 17.8 Å². The minimum absolute atomic E-state index is 0.487. The van der Waals surface area contributed by atoms with Gasteiger partial charge < -0.3 is 5.73 Å². The maximum atomic E-state index is 6.42. The summed E-state index contributed by atoms with van der Waals surface area (Å²) in [6.45, 7) is 8.26. The molecule has 0 saturated carbocycles. The van der Waals surface area contributed by atoms with E-state index in [4.69, 9.17) is 10.8 Å². The maximum Gasteiger partial charge on any atom is 0.151 e. The van der Waals surface area contributed by atoms with Gasteiger partial charge in [-0.1, -0.05) is 74.5 Å². The van der Waals surface area contributed by atoms with Crippen LogP contribution in [0.1, 0.15) is 42.5 Å². The standard InChI is InChI=1S/C33H35N7/c1-3-15-38(4-2)20-26-11-8-12-27(17-26)31-19-29(32-33(34)35-23-36-40(31)32)16-25-13-14-28-22-39(37-30(28)18-25)21-24-9-6-5-7-10-24/h5-14,17-19,22-23H,3-4,15-16,20-21H2,1-2H3,(H2,34,35,36). The monoisotopic (exact) mass is 529 g/mol. The second-order valence-corrected chi connectivity index (χ2v) is 10.4. The summed E-state index contributed by atoms with van der Waals surface area (Å²) in [5.74, 6) is 0.487. The van der Waals surface area contributed by atoms with E-state index in [-0.39, 0.29) is 0 Å². The average Bonchev–Trinajstić information content (AvgIpc) is 3.54. The Morgan fingerprint density at radius 1 is 0.875 bits per heavy atom. The molecule has 0 bridgehead atoms. The predicted molar refractivity (Wildman–Crippen MR) is 162 cm³/mol. The van der Waals surface area contributed by atoms with Crippen molar-refractivity contribution in [2.45, 2.75) is 39.8 Å². The molecule has 6 aromatic rings. The zero-order valence-corrected chi connectivity index (χ0v) is 23.2. The molecule has 0 amide bonds. The number of fused-ring (bicyclic) bond motifs is 2. The topological polar surface area (TPSA) is 77.3 Å². The summed E-state index contributed by atoms with van der Waals surface area (Å²) < 4.78 is 3.95. The third-order valence-corrected chi connectivity index (χ3v) is 7.48. The van der Waals surface area contributed by atoms with Crippen molar-refractivity contribution in [2.75, 3.05) is 18.8 Å². The van der Waals surface area contributed by atoms with Crippen molar-refractivity contribution in [3.63, 3.8) is 0 Å². The van der Waals surface area contributed by atoms with Crippen molar-refractivity contribution in [3.05, 3.63) is 114 Å². The van der Waals surface area contributed by atoms with Crippen LogP contribution in [0.3, 0.4) is 0 Å². The number of nitrogens with two attached hydrogens (primary N) is 1. The second kappa shape index (κ2) is 11.3. The molecule has 2 N–H and O–H groups in total. The fraction of sp³-hybridized carbons (Fsp3) is 0.242. The van der Waals surface area contributed by atoms with Gasteiger partial charge in [0.2, 0.25) is 0 Å². The molecular formula is C33H35N7. The van der Waals surface area contributed by atoms with E-state index in [9.17, 15) is 0 Å². The van der Waals surface area contributed by atoms with Gasteiger partial charge in [-0.2, -0.15) is 10.2 Å². The minimum atomic E-state index is 0.487. The lowest BCUT2D eigenvalue weighted by molar-refractivity contribution is 0.280. The van der Waals surface area contributed by atoms with Gasteiger partial charge in [-0.05, 0) is 66.4 Å². The number of aromatic nitrogens is 5. The highest BCUT2D eigenvalue weighted by atomic mass is 15.3. The first-order valence-electron chi connectivity index (χ1n) is 14.0. The number of hydrogen-bond donors (Lipinski definition) is 1. The van der Waals surface area contributed by atoms with E-state index in [1.165, 1.54) is 23.0 Å². The Balaban J connectivity index is 1.32. The molecule has 0 fully saturated rings. The number of nitrogens with zero attached hydrogens (tertiary/aromatic N) is 6. The van der Waals surface area contributed by atoms with Crippen molar-refractivity contribution in [1.82, 2.24) is 29.3 Å². The number of benzene rings is 3. The lowest BCUT2D eigenvalue weighted by Crippen LogP contribution is -2.23. The van der Waals surface area contributed by atoms with Gasteiger partial charge in [0.25, 0.3) is 0 Å². The quantitative estimate of drug-likeness (QED) is 0.229. The molecule has 7 nitrogen and oxygen atoms in total. The van der Waals surface area contributed by atoms with E-state index in [0.717, 1.165) is 65.8 Å². The van der Waals surface area contributed by atoms with Crippen molar-refractivity contribution in [2.24, 2.45) is 0 Å². The first kappa shape index (κ1) is 25.8. The summed E-state index contributed by atoms with van der Waals surface area (Å²) >= 11 is 0. The van der Waals surface area contributed by atoms with Gasteiger partial charge in [0, 0.05) is 23.7 Å². The van der Waals surface area contributed by atoms with Crippen LogP contribution in [0.25, 0.3) is 27.7 Å². The Kier molecular flexibility index (Phi) is 7.29. The molecule has 3 aromatic carbocycles. The molecule has 0 aliphatic carbocycles. The highest BCUT2D eigenvalue weighted by Crippen LogP contribution is 2.30. The van der Waals surface area contributed by atoms with Crippen LogP contribution in [0.5, 0.6) is 0 Å². The molecule has 0 saturated heterocycles. The Morgan fingerprint density at radius 2 is 1.73 bits per heavy atom. The van der Waals surface area contributed by atoms with Crippen LogP contribution in [-0.2, 0) is 19.5 Å². The highest BCUT2D eigenvalue weighted by molar-refractivity contribution is 5.81. The molecule has 0 spiro atoms. The molecule has 40 heavy (non-hydrogen) atoms. The van der Waals surface area contributed by atoms with Crippen LogP contribution < -0.4 is 5.73 Å². The summed E-state index contributed by atoms with van der Waals surface area (Å²) in [4.78, 5) is 6.79. The highest BCUT2D eigenvalue weighted by Gasteiger charge is 2.16. The molecule has 6 rings (SSSR count). The van der Waals surface area contributed by atoms with Crippen molar-refractivity contribution < 1.29 is 0 Å². The SMILES string of the molecule is CCCN(CC)Cc1cccc(-c2cc(Cc3ccc4cn(Cc5ccccc5)nc4c3)c3c(N)ncnn23)c1. The molecular weight excluding hydrogens is 494 g/mol. The van der Waals surface area contributed by atoms with Crippen molar-refractivity contribution >= 4 is 22.2 Å². The number of nitrogen functional groups attached to an aromatic ring is 1. The average molecular weight is 530 g/mol. The van der Waals surface area contributed by atoms with E-state index < -0.39 is 0 Å². The molecule has 202 valence electrons. The van der Waals surface area contributed by atoms with Crippen LogP contribution >= 0.6 is 0 Å². The Morgan fingerprint density at radius 3 is 2.55 bits per heavy atom. The fourth-order valence-electron chi connectivity index (χ4n) is 5.53. The molecule has 0 radical (unpaired) electrons. The molecule has 0 aliphatic heterocycles. The van der Waals surface area contributed by atoms with Gasteiger partial charge in [-0.3, -0.25) is 9.58 Å². The van der Waals surface area contributed by atoms with Gasteiger partial charge in [0.15, 0.2) is 5.82 Å². The zero-order valence-electron chi connectivity index (χ0n) is 23.2. The summed E-state index contributed by atoms with van der Waals surface area (Å²) in [5, 5.41) is 10.6. The summed E-state index contributed by atoms with van der Waals surface area (Å²) in [6.07, 6.45) is 5.50. The van der Waals surface area contributed by atoms with Crippen LogP contribution in [0, 0.1) is 0 Å². The lowest BCUT2D eigenvalue weighted by Gasteiger charge is -2.19. The van der Waals surface area contributed by atoms with Gasteiger partial charge in [0.1, 0.15) is 11.8 Å². The first-order chi connectivity index (χ1) is 19.6. The van der Waals surface area contributed by atoms with E-state index in [0.29, 0.717) is 12.2 Å². The van der Waals surface area contributed by atoms with Crippen LogP contribution in [-0.4, -0.2) is 42.4 Å². The molecule has 3 aromatic heterocycles. The molecule has 0 atom stereocenters. The molecule has 0 aliphatic rings. The third kappa shape index (κ3) is 5.33. The molecule has 0 unspecified atom stereocenters. The van der Waals surface area contributed by atoms with Gasteiger partial charge in [-0.15, -0.1) is 0 Å². The Bertz CT molecular complexity index is 1750. The second-order valence-electron chi connectivity index (χ2n) is 10.4. The van der Waals surface area contributed by atoms with Crippen LogP contribution in [0.15, 0.2) is 91.4 Å². The van der Waals surface area contributed by atoms with Gasteiger partial charge >= 0.3 is 0 Å². The molecule has 7 heteroatoms. The predicted octanol–water partition coefficient (Wildman–Crippen LogP) is 6.20. The van der Waals surface area contributed by atoms with Crippen molar-refractivity contribution in [1.29, 1.82) is 0 Å². The van der Waals surface area contributed by atoms with E-state index in [1.54, 1.807) is 0 Å². The summed E-state index contributed by atoms with van der Waals surface area (Å²) in [6, 6.07) is 27.9. The van der Waals surface area contributed by atoms with E-state index >= 15 is 0 Å². The molecule has 3 heterocycles. The van der Waals surface area contributed by atoms with E-state index in [1.807, 2.05) is 15.3 Å². The fourth-order valence-corrected chi connectivity index (χ4v) is 5.53. The lowest BCUT2D eigenvalue weighted by atomic mass is 10.0. The smallest absolute Gasteiger partial charge is 0.151 e.